The predicted molar refractivity (Wildman–Crippen MR) is 133 cm³/mol. The van der Waals surface area contributed by atoms with Crippen LogP contribution in [0.1, 0.15) is 18.4 Å². The molecule has 0 radical (unpaired) electrons. The van der Waals surface area contributed by atoms with Gasteiger partial charge in [0.15, 0.2) is 0 Å². The van der Waals surface area contributed by atoms with Gasteiger partial charge in [-0.2, -0.15) is 0 Å². The van der Waals surface area contributed by atoms with Gasteiger partial charge in [0.25, 0.3) is 0 Å². The van der Waals surface area contributed by atoms with Crippen LogP contribution in [-0.4, -0.2) is 35.6 Å². The lowest BCUT2D eigenvalue weighted by atomic mass is 9.90. The summed E-state index contributed by atoms with van der Waals surface area (Å²) in [7, 11) is 2.06. The van der Waals surface area contributed by atoms with Crippen LogP contribution >= 0.6 is 11.9 Å². The molecule has 0 spiro atoms. The molecule has 3 heterocycles. The highest BCUT2D eigenvalue weighted by molar-refractivity contribution is 8.01. The second kappa shape index (κ2) is 8.13. The minimum Gasteiger partial charge on any atom is -0.350 e. The summed E-state index contributed by atoms with van der Waals surface area (Å²) in [5, 5.41) is 3.82. The molecular formula is C27H28FN3S. The number of rotatable bonds is 5. The minimum absolute atomic E-state index is 0.141. The van der Waals surface area contributed by atoms with Gasteiger partial charge < -0.3 is 13.8 Å². The van der Waals surface area contributed by atoms with Crippen molar-refractivity contribution in [3.63, 3.8) is 0 Å². The van der Waals surface area contributed by atoms with Gasteiger partial charge in [-0.1, -0.05) is 24.3 Å². The van der Waals surface area contributed by atoms with Crippen LogP contribution in [0.25, 0.3) is 21.7 Å². The number of likely N-dealkylation sites (tertiary alicyclic amines) is 1. The molecular weight excluding hydrogens is 417 g/mol. The smallest absolute Gasteiger partial charge is 0.123 e. The Morgan fingerprint density at radius 3 is 2.66 bits per heavy atom. The van der Waals surface area contributed by atoms with E-state index < -0.39 is 0 Å². The number of hydrogen-bond acceptors (Lipinski definition) is 3. The van der Waals surface area contributed by atoms with Crippen molar-refractivity contribution in [2.24, 2.45) is 13.0 Å². The van der Waals surface area contributed by atoms with E-state index in [1.807, 2.05) is 18.0 Å². The number of nitrogens with zero attached hydrogens (tertiary/aromatic N) is 3. The highest BCUT2D eigenvalue weighted by atomic mass is 32.2. The Morgan fingerprint density at radius 2 is 1.81 bits per heavy atom. The maximum atomic E-state index is 13.8. The summed E-state index contributed by atoms with van der Waals surface area (Å²) in [6.07, 6.45) is 5.68. The first-order chi connectivity index (χ1) is 15.7. The fraction of sp³-hybridized carbons (Fsp3) is 0.333. The van der Waals surface area contributed by atoms with Crippen LogP contribution in [0.3, 0.4) is 0 Å². The van der Waals surface area contributed by atoms with Crippen molar-refractivity contribution < 1.29 is 4.39 Å². The number of aryl methyl sites for hydroxylation is 1. The maximum absolute atomic E-state index is 13.8. The average molecular weight is 446 g/mol. The highest BCUT2D eigenvalue weighted by Crippen LogP contribution is 2.45. The van der Waals surface area contributed by atoms with E-state index in [1.165, 1.54) is 39.8 Å². The fourth-order valence-corrected chi connectivity index (χ4v) is 6.59. The summed E-state index contributed by atoms with van der Waals surface area (Å²) in [6.45, 7) is 4.45. The molecule has 4 aromatic rings. The van der Waals surface area contributed by atoms with Gasteiger partial charge in [0.05, 0.1) is 5.69 Å². The van der Waals surface area contributed by atoms with Crippen molar-refractivity contribution in [2.45, 2.75) is 24.2 Å². The standard InChI is InChI=1S/C27H28FN3S/c1-29-18-21(23-17-22(28)8-9-24(23)29)16-19-10-12-30(13-11-19)14-15-31-25-6-2-4-20-5-3-7-26(32-31)27(20)25/h2-9,17-19H,10-16H2,1H3. The largest absolute Gasteiger partial charge is 0.350 e. The molecule has 3 nitrogen and oxygen atoms in total. The molecule has 5 heteroatoms. The molecule has 0 amide bonds. The monoisotopic (exact) mass is 445 g/mol. The van der Waals surface area contributed by atoms with Gasteiger partial charge in [-0.15, -0.1) is 0 Å². The summed E-state index contributed by atoms with van der Waals surface area (Å²) in [5.74, 6) is 0.539. The Kier molecular flexibility index (Phi) is 5.11. The zero-order valence-electron chi connectivity index (χ0n) is 18.4. The minimum atomic E-state index is -0.141. The lowest BCUT2D eigenvalue weighted by Crippen LogP contribution is -2.38. The second-order valence-electron chi connectivity index (χ2n) is 9.24. The second-order valence-corrected chi connectivity index (χ2v) is 10.3. The third kappa shape index (κ3) is 3.57. The quantitative estimate of drug-likeness (QED) is 0.337. The van der Waals surface area contributed by atoms with Crippen LogP contribution in [0.15, 0.2) is 65.7 Å². The van der Waals surface area contributed by atoms with Crippen molar-refractivity contribution in [3.8, 4) is 0 Å². The molecule has 0 aliphatic carbocycles. The van der Waals surface area contributed by atoms with Crippen LogP contribution in [0.4, 0.5) is 10.1 Å². The summed E-state index contributed by atoms with van der Waals surface area (Å²) >= 11 is 1.88. The van der Waals surface area contributed by atoms with Gasteiger partial charge in [0, 0.05) is 47.5 Å². The summed E-state index contributed by atoms with van der Waals surface area (Å²) < 4.78 is 18.4. The van der Waals surface area contributed by atoms with Crippen molar-refractivity contribution in [2.75, 3.05) is 30.5 Å². The van der Waals surface area contributed by atoms with E-state index in [0.29, 0.717) is 5.92 Å². The number of fused-ring (bicyclic) bond motifs is 1. The van der Waals surface area contributed by atoms with Crippen LogP contribution in [0.2, 0.25) is 0 Å². The van der Waals surface area contributed by atoms with Gasteiger partial charge in [-0.3, -0.25) is 0 Å². The van der Waals surface area contributed by atoms with E-state index in [9.17, 15) is 4.39 Å². The molecule has 0 saturated carbocycles. The fourth-order valence-electron chi connectivity index (χ4n) is 5.47. The molecule has 32 heavy (non-hydrogen) atoms. The number of benzene rings is 3. The first-order valence-corrected chi connectivity index (χ1v) is 12.4. The van der Waals surface area contributed by atoms with Crippen LogP contribution in [-0.2, 0) is 13.5 Å². The molecule has 0 atom stereocenters. The molecule has 0 unspecified atom stereocenters. The first kappa shape index (κ1) is 20.1. The molecule has 2 aliphatic rings. The van der Waals surface area contributed by atoms with Crippen molar-refractivity contribution in [1.29, 1.82) is 0 Å². The van der Waals surface area contributed by atoms with Crippen molar-refractivity contribution >= 4 is 39.3 Å². The van der Waals surface area contributed by atoms with Crippen LogP contribution in [0.5, 0.6) is 0 Å². The van der Waals surface area contributed by atoms with E-state index in [1.54, 1.807) is 12.1 Å². The van der Waals surface area contributed by atoms with Gasteiger partial charge >= 0.3 is 0 Å². The van der Waals surface area contributed by atoms with E-state index >= 15 is 0 Å². The molecule has 3 aromatic carbocycles. The van der Waals surface area contributed by atoms with Crippen molar-refractivity contribution in [1.82, 2.24) is 9.47 Å². The van der Waals surface area contributed by atoms with E-state index in [0.717, 1.165) is 43.5 Å². The highest BCUT2D eigenvalue weighted by Gasteiger charge is 2.25. The molecule has 0 bridgehead atoms. The van der Waals surface area contributed by atoms with E-state index in [2.05, 4.69) is 63.4 Å². The van der Waals surface area contributed by atoms with E-state index in [-0.39, 0.29) is 5.82 Å². The first-order valence-electron chi connectivity index (χ1n) is 11.6. The molecule has 1 saturated heterocycles. The maximum Gasteiger partial charge on any atom is 0.123 e. The van der Waals surface area contributed by atoms with E-state index in [4.69, 9.17) is 0 Å². The van der Waals surface area contributed by atoms with Crippen LogP contribution in [0, 0.1) is 11.7 Å². The predicted octanol–water partition coefficient (Wildman–Crippen LogP) is 6.25. The molecule has 0 N–H and O–H groups in total. The number of hydrogen-bond donors (Lipinski definition) is 0. The molecule has 6 rings (SSSR count). The Morgan fingerprint density at radius 1 is 1.00 bits per heavy atom. The lowest BCUT2D eigenvalue weighted by Gasteiger charge is -2.33. The van der Waals surface area contributed by atoms with Gasteiger partial charge in [-0.25, -0.2) is 4.39 Å². The van der Waals surface area contributed by atoms with Gasteiger partial charge in [-0.05, 0) is 91.5 Å². The summed E-state index contributed by atoms with van der Waals surface area (Å²) in [5.41, 5.74) is 3.78. The average Bonchev–Trinajstić information content (AvgIpc) is 3.32. The number of halogens is 1. The summed E-state index contributed by atoms with van der Waals surface area (Å²) in [4.78, 5) is 3.99. The lowest BCUT2D eigenvalue weighted by molar-refractivity contribution is 0.189. The molecule has 164 valence electrons. The number of piperidine rings is 1. The van der Waals surface area contributed by atoms with Gasteiger partial charge in [0.2, 0.25) is 0 Å². The number of aromatic nitrogens is 1. The van der Waals surface area contributed by atoms with Gasteiger partial charge in [0.1, 0.15) is 5.82 Å². The third-order valence-electron chi connectivity index (χ3n) is 7.19. The Bertz CT molecular complexity index is 1280. The Balaban J connectivity index is 1.06. The SMILES string of the molecule is Cn1cc(CC2CCN(CCN3Sc4cccc5cccc3c45)CC2)c2cc(F)ccc21. The molecule has 2 aliphatic heterocycles. The topological polar surface area (TPSA) is 11.4 Å². The zero-order valence-corrected chi connectivity index (χ0v) is 19.2. The van der Waals surface area contributed by atoms with Crippen LogP contribution < -0.4 is 4.31 Å². The molecule has 1 aromatic heterocycles. The summed E-state index contributed by atoms with van der Waals surface area (Å²) in [6, 6.07) is 18.4. The Labute approximate surface area is 192 Å². The van der Waals surface area contributed by atoms with Crippen molar-refractivity contribution in [3.05, 3.63) is 72.2 Å². The normalized spacial score (nSPS) is 17.1. The third-order valence-corrected chi connectivity index (χ3v) is 8.33. The Hall–Kier alpha value is -2.50. The molecule has 1 fully saturated rings. The zero-order chi connectivity index (χ0) is 21.7. The number of anilines is 1.